The first kappa shape index (κ1) is 27.4. The molecule has 1 unspecified atom stereocenters. The predicted molar refractivity (Wildman–Crippen MR) is 190 cm³/mol. The summed E-state index contributed by atoms with van der Waals surface area (Å²) in [5, 5.41) is 8.15. The summed E-state index contributed by atoms with van der Waals surface area (Å²) in [7, 11) is 0. The lowest BCUT2D eigenvalue weighted by Gasteiger charge is -2.38. The van der Waals surface area contributed by atoms with E-state index in [4.69, 9.17) is 9.98 Å². The molecule has 6 aromatic rings. The van der Waals surface area contributed by atoms with Crippen LogP contribution in [0.1, 0.15) is 34.0 Å². The summed E-state index contributed by atoms with van der Waals surface area (Å²) in [5.41, 5.74) is 10.4. The molecule has 0 fully saturated rings. The van der Waals surface area contributed by atoms with Crippen LogP contribution in [0.5, 0.6) is 0 Å². The molecule has 0 saturated carbocycles. The normalized spacial score (nSPS) is 15.6. The van der Waals surface area contributed by atoms with E-state index in [0.29, 0.717) is 5.84 Å². The Morgan fingerprint density at radius 1 is 0.500 bits per heavy atom. The van der Waals surface area contributed by atoms with Crippen molar-refractivity contribution in [1.29, 1.82) is 0 Å². The van der Waals surface area contributed by atoms with Crippen LogP contribution < -0.4 is 15.3 Å². The molecule has 220 valence electrons. The number of hydrazine groups is 1. The van der Waals surface area contributed by atoms with E-state index in [9.17, 15) is 0 Å². The molecule has 2 heterocycles. The van der Waals surface area contributed by atoms with E-state index in [-0.39, 0.29) is 6.17 Å². The number of benzene rings is 6. The van der Waals surface area contributed by atoms with Crippen LogP contribution in [0.2, 0.25) is 0 Å². The molecule has 2 aliphatic heterocycles. The first-order chi connectivity index (χ1) is 22.7. The molecule has 0 amide bonds. The lowest BCUT2D eigenvalue weighted by Crippen LogP contribution is -2.36. The highest BCUT2D eigenvalue weighted by Crippen LogP contribution is 2.46. The molecule has 6 aromatic carbocycles. The van der Waals surface area contributed by atoms with Crippen molar-refractivity contribution in [3.8, 4) is 0 Å². The molecule has 8 rings (SSSR count). The Kier molecular flexibility index (Phi) is 6.97. The van der Waals surface area contributed by atoms with E-state index in [1.54, 1.807) is 0 Å². The van der Waals surface area contributed by atoms with Gasteiger partial charge in [0.15, 0.2) is 5.84 Å². The number of nitrogens with zero attached hydrogens (tertiary/aromatic N) is 4. The Morgan fingerprint density at radius 2 is 1.00 bits per heavy atom. The third kappa shape index (κ3) is 4.94. The van der Waals surface area contributed by atoms with Gasteiger partial charge in [-0.1, -0.05) is 122 Å². The number of anilines is 4. The maximum absolute atomic E-state index is 5.01. The highest BCUT2D eigenvalue weighted by Gasteiger charge is 2.30. The first-order valence-electron chi connectivity index (χ1n) is 15.4. The fourth-order valence-corrected chi connectivity index (χ4v) is 6.14. The summed E-state index contributed by atoms with van der Waals surface area (Å²) in [6.07, 6.45) is -0.253. The van der Waals surface area contributed by atoms with Crippen LogP contribution in [-0.2, 0) is 0 Å². The Balaban J connectivity index is 1.24. The predicted octanol–water partition coefficient (Wildman–Crippen LogP) is 9.45. The number of amidine groups is 2. The third-order valence-corrected chi connectivity index (χ3v) is 8.39. The fourth-order valence-electron chi connectivity index (χ4n) is 6.14. The van der Waals surface area contributed by atoms with E-state index in [1.807, 2.05) is 42.5 Å². The minimum absolute atomic E-state index is 0.253. The van der Waals surface area contributed by atoms with Gasteiger partial charge in [0.2, 0.25) is 0 Å². The SMILES string of the molecule is C=C1c2ccccc2N(c2ccccc2)N(c2ccc(C3=NC(c4ccccc4)=NC(c4ccccc4)N3)cc2)c2ccccc21. The number of hydrogen-bond donors (Lipinski definition) is 1. The number of rotatable bonds is 5. The van der Waals surface area contributed by atoms with E-state index in [0.717, 1.165) is 62.0 Å². The molecule has 0 spiro atoms. The van der Waals surface area contributed by atoms with Gasteiger partial charge >= 0.3 is 0 Å². The summed E-state index contributed by atoms with van der Waals surface area (Å²) >= 11 is 0. The topological polar surface area (TPSA) is 43.2 Å². The second-order valence-corrected chi connectivity index (χ2v) is 11.3. The fraction of sp³-hybridized carbons (Fsp3) is 0.0244. The van der Waals surface area contributed by atoms with Gasteiger partial charge in [-0.3, -0.25) is 0 Å². The Labute approximate surface area is 269 Å². The molecule has 0 bridgehead atoms. The molecule has 5 heteroatoms. The number of aliphatic imine (C=N–C) groups is 2. The smallest absolute Gasteiger partial charge is 0.159 e. The van der Waals surface area contributed by atoms with Gasteiger partial charge in [-0.05, 0) is 59.7 Å². The van der Waals surface area contributed by atoms with E-state index in [1.165, 1.54) is 0 Å². The monoisotopic (exact) mass is 593 g/mol. The highest BCUT2D eigenvalue weighted by molar-refractivity contribution is 6.13. The van der Waals surface area contributed by atoms with Gasteiger partial charge in [0.25, 0.3) is 0 Å². The molecular weight excluding hydrogens is 562 g/mol. The molecule has 0 radical (unpaired) electrons. The number of hydrogen-bond acceptors (Lipinski definition) is 5. The molecule has 0 saturated heterocycles. The minimum atomic E-state index is -0.253. The zero-order chi connectivity index (χ0) is 30.9. The molecule has 2 aliphatic rings. The van der Waals surface area contributed by atoms with Crippen molar-refractivity contribution in [3.63, 3.8) is 0 Å². The molecule has 0 aliphatic carbocycles. The first-order valence-corrected chi connectivity index (χ1v) is 15.4. The summed E-state index contributed by atoms with van der Waals surface area (Å²) in [6, 6.07) is 56.5. The van der Waals surface area contributed by atoms with Gasteiger partial charge in [0.05, 0.1) is 22.7 Å². The average Bonchev–Trinajstić information content (AvgIpc) is 3.25. The standard InChI is InChI=1S/C41H31N5/c1-29-35-21-11-13-23-37(35)45(33-19-9-4-10-20-33)46(38-24-14-12-22-36(29)38)34-27-25-32(26-28-34)41-43-39(30-15-5-2-6-16-30)42-40(44-41)31-17-7-3-8-18-31/h2-28,39H,1H2,(H,42,43,44). The van der Waals surface area contributed by atoms with Crippen molar-refractivity contribution in [2.45, 2.75) is 6.17 Å². The van der Waals surface area contributed by atoms with Crippen molar-refractivity contribution in [3.05, 3.63) is 198 Å². The van der Waals surface area contributed by atoms with Gasteiger partial charge in [-0.2, -0.15) is 0 Å². The third-order valence-electron chi connectivity index (χ3n) is 8.39. The van der Waals surface area contributed by atoms with Crippen molar-refractivity contribution in [2.24, 2.45) is 9.98 Å². The lowest BCUT2D eigenvalue weighted by molar-refractivity contribution is 0.674. The maximum atomic E-state index is 5.01. The summed E-state index contributed by atoms with van der Waals surface area (Å²) < 4.78 is 0. The Morgan fingerprint density at radius 3 is 1.61 bits per heavy atom. The molecule has 1 N–H and O–H groups in total. The van der Waals surface area contributed by atoms with Crippen molar-refractivity contribution >= 4 is 40.0 Å². The van der Waals surface area contributed by atoms with Crippen LogP contribution in [0, 0.1) is 0 Å². The van der Waals surface area contributed by atoms with Crippen molar-refractivity contribution in [2.75, 3.05) is 10.0 Å². The summed E-state index contributed by atoms with van der Waals surface area (Å²) in [6.45, 7) is 4.56. The van der Waals surface area contributed by atoms with Crippen LogP contribution in [0.4, 0.5) is 22.7 Å². The number of nitrogens with one attached hydrogen (secondary N) is 1. The Bertz CT molecular complexity index is 2080. The highest BCUT2D eigenvalue weighted by atomic mass is 15.6. The lowest BCUT2D eigenvalue weighted by atomic mass is 9.97. The minimum Gasteiger partial charge on any atom is -0.344 e. The maximum Gasteiger partial charge on any atom is 0.159 e. The van der Waals surface area contributed by atoms with E-state index >= 15 is 0 Å². The largest absolute Gasteiger partial charge is 0.344 e. The van der Waals surface area contributed by atoms with Crippen molar-refractivity contribution in [1.82, 2.24) is 5.32 Å². The Hall–Kier alpha value is -6.20. The number of fused-ring (bicyclic) bond motifs is 2. The van der Waals surface area contributed by atoms with Crippen molar-refractivity contribution < 1.29 is 0 Å². The zero-order valence-electron chi connectivity index (χ0n) is 25.2. The van der Waals surface area contributed by atoms with Gasteiger partial charge in [-0.15, -0.1) is 0 Å². The average molecular weight is 594 g/mol. The van der Waals surface area contributed by atoms with Crippen LogP contribution in [0.25, 0.3) is 5.57 Å². The molecule has 46 heavy (non-hydrogen) atoms. The zero-order valence-corrected chi connectivity index (χ0v) is 25.2. The second-order valence-electron chi connectivity index (χ2n) is 11.3. The van der Waals surface area contributed by atoms with E-state index in [2.05, 4.69) is 143 Å². The van der Waals surface area contributed by atoms with Gasteiger partial charge in [0.1, 0.15) is 12.0 Å². The molecule has 1 atom stereocenters. The number of para-hydroxylation sites is 3. The quantitative estimate of drug-likeness (QED) is 0.217. The van der Waals surface area contributed by atoms with Gasteiger partial charge in [-0.25, -0.2) is 20.0 Å². The van der Waals surface area contributed by atoms with Gasteiger partial charge < -0.3 is 5.32 Å². The molecule has 0 aromatic heterocycles. The van der Waals surface area contributed by atoms with Crippen LogP contribution in [-0.4, -0.2) is 11.7 Å². The second kappa shape index (κ2) is 11.7. The summed E-state index contributed by atoms with van der Waals surface area (Å²) in [5.74, 6) is 1.49. The molecular formula is C41H31N5. The molecule has 5 nitrogen and oxygen atoms in total. The summed E-state index contributed by atoms with van der Waals surface area (Å²) in [4.78, 5) is 10.0. The van der Waals surface area contributed by atoms with Crippen LogP contribution >= 0.6 is 0 Å². The van der Waals surface area contributed by atoms with E-state index < -0.39 is 0 Å². The van der Waals surface area contributed by atoms with Crippen LogP contribution in [0.15, 0.2) is 180 Å². The van der Waals surface area contributed by atoms with Crippen LogP contribution in [0.3, 0.4) is 0 Å². The van der Waals surface area contributed by atoms with Gasteiger partial charge in [0, 0.05) is 22.3 Å².